The van der Waals surface area contributed by atoms with Crippen LogP contribution >= 0.6 is 0 Å². The maximum absolute atomic E-state index is 14.6. The molecule has 1 amide bonds. The van der Waals surface area contributed by atoms with Crippen LogP contribution in [-0.2, 0) is 23.0 Å². The molecule has 1 saturated heterocycles. The molecule has 0 bridgehead atoms. The average molecular weight is 567 g/mol. The number of nitrogens with one attached hydrogen (secondary N) is 1. The summed E-state index contributed by atoms with van der Waals surface area (Å²) in [5.41, 5.74) is 2.71. The summed E-state index contributed by atoms with van der Waals surface area (Å²) in [6, 6.07) is 3.63. The zero-order chi connectivity index (χ0) is 29.3. The molecule has 3 aromatic heterocycles. The highest BCUT2D eigenvalue weighted by molar-refractivity contribution is 5.83. The number of nitrogens with zero attached hydrogens (tertiary/aromatic N) is 7. The maximum atomic E-state index is 14.6. The van der Waals surface area contributed by atoms with Gasteiger partial charge in [0.05, 0.1) is 43.7 Å². The summed E-state index contributed by atoms with van der Waals surface area (Å²) in [4.78, 5) is 31.1. The van der Waals surface area contributed by atoms with Crippen LogP contribution in [0.1, 0.15) is 49.9 Å². The number of pyridine rings is 2. The van der Waals surface area contributed by atoms with E-state index in [-0.39, 0.29) is 17.4 Å². The van der Waals surface area contributed by atoms with Gasteiger partial charge >= 0.3 is 0 Å². The van der Waals surface area contributed by atoms with Gasteiger partial charge in [0.15, 0.2) is 5.82 Å². The van der Waals surface area contributed by atoms with Gasteiger partial charge < -0.3 is 24.6 Å². The summed E-state index contributed by atoms with van der Waals surface area (Å²) in [6.45, 7) is 11.6. The predicted molar refractivity (Wildman–Crippen MR) is 154 cm³/mol. The van der Waals surface area contributed by atoms with Crippen molar-refractivity contribution in [3.63, 3.8) is 0 Å². The second-order valence-corrected chi connectivity index (χ2v) is 11.1. The van der Waals surface area contributed by atoms with Crippen molar-refractivity contribution < 1.29 is 18.7 Å². The number of ether oxygens (including phenoxy) is 2. The van der Waals surface area contributed by atoms with E-state index < -0.39 is 17.3 Å². The van der Waals surface area contributed by atoms with Crippen molar-refractivity contribution >= 4 is 17.7 Å². The molecule has 12 heteroatoms. The van der Waals surface area contributed by atoms with Crippen molar-refractivity contribution in [2.45, 2.75) is 52.0 Å². The van der Waals surface area contributed by atoms with Gasteiger partial charge in [0.1, 0.15) is 11.6 Å². The molecule has 1 fully saturated rings. The van der Waals surface area contributed by atoms with E-state index in [4.69, 9.17) is 24.5 Å². The number of hydrogen-bond acceptors (Lipinski definition) is 9. The van der Waals surface area contributed by atoms with Crippen molar-refractivity contribution in [1.82, 2.24) is 29.6 Å². The molecule has 0 radical (unpaired) electrons. The van der Waals surface area contributed by atoms with Gasteiger partial charge in [-0.3, -0.25) is 4.79 Å². The number of fused-ring (bicyclic) bond motifs is 1. The first-order chi connectivity index (χ1) is 19.6. The minimum atomic E-state index is -0.678. The molecule has 0 spiro atoms. The fourth-order valence-corrected chi connectivity index (χ4v) is 5.63. The molecular formula is C29H39FN8O3. The molecule has 2 aliphatic rings. The lowest BCUT2D eigenvalue weighted by Gasteiger charge is -2.40. The molecule has 11 nitrogen and oxygen atoms in total. The summed E-state index contributed by atoms with van der Waals surface area (Å²) >= 11 is 0. The average Bonchev–Trinajstić information content (AvgIpc) is 3.36. The number of rotatable bonds is 8. The number of anilines is 2. The van der Waals surface area contributed by atoms with Crippen molar-refractivity contribution in [1.29, 1.82) is 0 Å². The van der Waals surface area contributed by atoms with E-state index in [1.165, 1.54) is 13.2 Å². The number of halogens is 1. The number of carbonyl (C=O) groups excluding carboxylic acids is 1. The standard InChI is InChI=1S/C29H39FN8O3/c1-7-37(27(39)18(2)21-15-24(40-6)31-16-23(21)30)17-29(4)9-8-20-14-22(19(3)32-25(20)34-29)26-33-28(36(5)35-26)38-10-12-41-13-11-38/h14-16,18H,7-13,17H2,1-6H3,(H,32,34)/t18-,29-/m1/s1. The van der Waals surface area contributed by atoms with Gasteiger partial charge in [0.25, 0.3) is 0 Å². The number of carbonyl (C=O) groups is 1. The van der Waals surface area contributed by atoms with E-state index in [2.05, 4.69) is 28.2 Å². The minimum absolute atomic E-state index is 0.148. The van der Waals surface area contributed by atoms with Crippen LogP contribution in [0, 0.1) is 12.7 Å². The van der Waals surface area contributed by atoms with E-state index in [1.807, 2.05) is 25.6 Å². The summed E-state index contributed by atoms with van der Waals surface area (Å²) in [5, 5.41) is 8.31. The van der Waals surface area contributed by atoms with Gasteiger partial charge in [-0.1, -0.05) is 0 Å². The Kier molecular flexibility index (Phi) is 8.12. The third-order valence-corrected chi connectivity index (χ3v) is 8.07. The molecule has 5 heterocycles. The second-order valence-electron chi connectivity index (χ2n) is 11.1. The number of likely N-dealkylation sites (N-methyl/N-ethyl adjacent to an activating group) is 1. The Bertz CT molecular complexity index is 1420. The number of hydrogen-bond donors (Lipinski definition) is 1. The predicted octanol–water partition coefficient (Wildman–Crippen LogP) is 3.33. The summed E-state index contributed by atoms with van der Waals surface area (Å²) in [5.74, 6) is 1.23. The Morgan fingerprint density at radius 3 is 2.76 bits per heavy atom. The van der Waals surface area contributed by atoms with E-state index in [0.717, 1.165) is 60.7 Å². The van der Waals surface area contributed by atoms with Crippen molar-refractivity contribution in [2.75, 3.05) is 56.7 Å². The van der Waals surface area contributed by atoms with Crippen LogP contribution in [0.5, 0.6) is 5.88 Å². The lowest BCUT2D eigenvalue weighted by Crippen LogP contribution is -2.51. The molecule has 2 atom stereocenters. The first-order valence-electron chi connectivity index (χ1n) is 14.1. The lowest BCUT2D eigenvalue weighted by molar-refractivity contribution is -0.133. The molecular weight excluding hydrogens is 527 g/mol. The van der Waals surface area contributed by atoms with Gasteiger partial charge in [-0.2, -0.15) is 4.98 Å². The smallest absolute Gasteiger partial charge is 0.230 e. The highest BCUT2D eigenvalue weighted by Crippen LogP contribution is 2.35. The largest absolute Gasteiger partial charge is 0.481 e. The first kappa shape index (κ1) is 28.7. The molecule has 0 aliphatic carbocycles. The van der Waals surface area contributed by atoms with Crippen molar-refractivity contribution in [3.8, 4) is 17.3 Å². The fraction of sp³-hybridized carbons (Fsp3) is 0.552. The molecule has 0 unspecified atom stereocenters. The maximum Gasteiger partial charge on any atom is 0.230 e. The van der Waals surface area contributed by atoms with Crippen LogP contribution in [0.3, 0.4) is 0 Å². The Hall–Kier alpha value is -3.80. The van der Waals surface area contributed by atoms with Gasteiger partial charge in [-0.05, 0) is 52.2 Å². The minimum Gasteiger partial charge on any atom is -0.481 e. The summed E-state index contributed by atoms with van der Waals surface area (Å²) < 4.78 is 27.0. The van der Waals surface area contributed by atoms with Crippen LogP contribution in [0.15, 0.2) is 18.3 Å². The Balaban J connectivity index is 1.33. The molecule has 0 saturated carbocycles. The zero-order valence-corrected chi connectivity index (χ0v) is 24.7. The molecule has 0 aromatic carbocycles. The Labute approximate surface area is 240 Å². The fourth-order valence-electron chi connectivity index (χ4n) is 5.63. The number of morpholine rings is 1. The zero-order valence-electron chi connectivity index (χ0n) is 24.7. The summed E-state index contributed by atoms with van der Waals surface area (Å²) in [6.07, 6.45) is 2.69. The van der Waals surface area contributed by atoms with Crippen LogP contribution in [0.25, 0.3) is 11.4 Å². The normalized spacial score (nSPS) is 19.3. The van der Waals surface area contributed by atoms with Crippen molar-refractivity contribution in [3.05, 3.63) is 41.0 Å². The molecule has 5 rings (SSSR count). The third kappa shape index (κ3) is 5.83. The number of amides is 1. The van der Waals surface area contributed by atoms with E-state index in [0.29, 0.717) is 32.1 Å². The van der Waals surface area contributed by atoms with Gasteiger partial charge in [-0.25, -0.2) is 19.0 Å². The SMILES string of the molecule is CCN(C[C@@]1(C)CCc2cc(-c3nc(N4CCOCC4)n(C)n3)c(C)nc2N1)C(=O)[C@H](C)c1cc(OC)ncc1F. The van der Waals surface area contributed by atoms with Crippen LogP contribution in [0.2, 0.25) is 0 Å². The molecule has 41 heavy (non-hydrogen) atoms. The topological polar surface area (TPSA) is 111 Å². The van der Waals surface area contributed by atoms with E-state index in [1.54, 1.807) is 11.8 Å². The third-order valence-electron chi connectivity index (χ3n) is 8.07. The van der Waals surface area contributed by atoms with Crippen molar-refractivity contribution in [2.24, 2.45) is 7.05 Å². The van der Waals surface area contributed by atoms with Gasteiger partial charge in [-0.15, -0.1) is 5.10 Å². The van der Waals surface area contributed by atoms with Gasteiger partial charge in [0, 0.05) is 50.4 Å². The van der Waals surface area contributed by atoms with Gasteiger partial charge in [0.2, 0.25) is 17.7 Å². The second kappa shape index (κ2) is 11.6. The Morgan fingerprint density at radius 2 is 2.05 bits per heavy atom. The Morgan fingerprint density at radius 1 is 1.29 bits per heavy atom. The monoisotopic (exact) mass is 566 g/mol. The van der Waals surface area contributed by atoms with E-state index >= 15 is 0 Å². The highest BCUT2D eigenvalue weighted by Gasteiger charge is 2.35. The molecule has 220 valence electrons. The van der Waals surface area contributed by atoms with Crippen LogP contribution in [0.4, 0.5) is 16.2 Å². The highest BCUT2D eigenvalue weighted by atomic mass is 19.1. The summed E-state index contributed by atoms with van der Waals surface area (Å²) in [7, 11) is 3.38. The molecule has 2 aliphatic heterocycles. The number of aromatic nitrogens is 5. The molecule has 3 aromatic rings. The lowest BCUT2D eigenvalue weighted by atomic mass is 9.87. The van der Waals surface area contributed by atoms with Crippen LogP contribution in [-0.4, -0.2) is 87.6 Å². The van der Waals surface area contributed by atoms with Crippen LogP contribution < -0.4 is 15.0 Å². The number of methoxy groups -OCH3 is 1. The number of aryl methyl sites for hydroxylation is 3. The van der Waals surface area contributed by atoms with E-state index in [9.17, 15) is 9.18 Å². The first-order valence-corrected chi connectivity index (χ1v) is 14.1. The quantitative estimate of drug-likeness (QED) is 0.439. The molecule has 1 N–H and O–H groups in total.